The fourth-order valence-electron chi connectivity index (χ4n) is 3.34. The third-order valence-electron chi connectivity index (χ3n) is 5.48. The summed E-state index contributed by atoms with van der Waals surface area (Å²) in [6.45, 7) is 5.71. The van der Waals surface area contributed by atoms with E-state index < -0.39 is 20.5 Å². The first-order valence-corrected chi connectivity index (χ1v) is 11.7. The van der Waals surface area contributed by atoms with Gasteiger partial charge in [-0.1, -0.05) is 30.3 Å². The molecule has 2 unspecified atom stereocenters. The lowest BCUT2D eigenvalue weighted by Gasteiger charge is -2.32. The molecular weight excluding hydrogens is 396 g/mol. The van der Waals surface area contributed by atoms with Crippen LogP contribution in [0.4, 0.5) is 0 Å². The fourth-order valence-corrected chi connectivity index (χ4v) is 6.15. The second-order valence-corrected chi connectivity index (χ2v) is 11.5. The van der Waals surface area contributed by atoms with E-state index >= 15 is 0 Å². The van der Waals surface area contributed by atoms with Gasteiger partial charge in [-0.25, -0.2) is 13.4 Å². The number of carbonyl (C=O) groups excluding carboxylic acids is 1. The van der Waals surface area contributed by atoms with Crippen LogP contribution in [0.15, 0.2) is 30.3 Å². The van der Waals surface area contributed by atoms with Gasteiger partial charge in [0.2, 0.25) is 5.91 Å². The van der Waals surface area contributed by atoms with Crippen molar-refractivity contribution in [1.82, 2.24) is 4.98 Å². The highest BCUT2D eigenvalue weighted by atomic mass is 32.2. The van der Waals surface area contributed by atoms with Crippen molar-refractivity contribution >= 4 is 27.1 Å². The Bertz CT molecular complexity index is 952. The summed E-state index contributed by atoms with van der Waals surface area (Å²) >= 11 is 1.58. The van der Waals surface area contributed by atoms with Crippen molar-refractivity contribution in [3.63, 3.8) is 0 Å². The van der Waals surface area contributed by atoms with Gasteiger partial charge in [-0.05, 0) is 33.1 Å². The van der Waals surface area contributed by atoms with Gasteiger partial charge in [-0.15, -0.1) is 11.3 Å². The van der Waals surface area contributed by atoms with Gasteiger partial charge < -0.3 is 10.5 Å². The second kappa shape index (κ2) is 7.93. The van der Waals surface area contributed by atoms with Crippen LogP contribution in [-0.2, 0) is 19.4 Å². The number of nitrogens with zero attached hydrogens (tertiary/aromatic N) is 1. The Hall–Kier alpha value is -1.77. The number of rotatable bonds is 6. The molecule has 1 saturated heterocycles. The van der Waals surface area contributed by atoms with Crippen molar-refractivity contribution in [3.8, 4) is 11.3 Å². The maximum absolute atomic E-state index is 12.9. The minimum Gasteiger partial charge on any atom is -0.381 e. The molecular formula is C20H26N2O4S2. The molecule has 1 amide bonds. The Labute approximate surface area is 170 Å². The molecule has 2 aromatic rings. The maximum Gasteiger partial charge on any atom is 0.238 e. The summed E-state index contributed by atoms with van der Waals surface area (Å²) in [6.07, 6.45) is 0.609. The van der Waals surface area contributed by atoms with Crippen LogP contribution >= 0.6 is 11.3 Å². The van der Waals surface area contributed by atoms with Gasteiger partial charge in [0.05, 0.1) is 23.1 Å². The number of hydrogen-bond donors (Lipinski definition) is 1. The summed E-state index contributed by atoms with van der Waals surface area (Å²) in [4.78, 5) is 17.6. The predicted molar refractivity (Wildman–Crippen MR) is 111 cm³/mol. The number of aromatic nitrogens is 1. The van der Waals surface area contributed by atoms with E-state index in [0.717, 1.165) is 21.1 Å². The quantitative estimate of drug-likeness (QED) is 0.772. The number of carbonyl (C=O) groups is 1. The minimum absolute atomic E-state index is 0.101. The predicted octanol–water partition coefficient (Wildman–Crippen LogP) is 2.92. The van der Waals surface area contributed by atoms with E-state index in [0.29, 0.717) is 19.6 Å². The standard InChI is InChI=1S/C20H26N2O4S2/c1-13-17(14-7-5-4-6-8-14)22-18(27-13)16-11-26-10-9-15(16)12-28(24,25)20(2,3)19(21)23/h4-8,15-16H,9-12H2,1-3H3,(H2,21,23). The van der Waals surface area contributed by atoms with Gasteiger partial charge in [0, 0.05) is 23.0 Å². The number of hydrogen-bond acceptors (Lipinski definition) is 6. The van der Waals surface area contributed by atoms with Gasteiger partial charge in [-0.3, -0.25) is 4.79 Å². The molecule has 2 N–H and O–H groups in total. The van der Waals surface area contributed by atoms with Crippen LogP contribution in [0.3, 0.4) is 0 Å². The van der Waals surface area contributed by atoms with Crippen molar-refractivity contribution in [2.75, 3.05) is 19.0 Å². The third-order valence-corrected chi connectivity index (χ3v) is 9.21. The molecule has 0 saturated carbocycles. The summed E-state index contributed by atoms with van der Waals surface area (Å²) in [7, 11) is -3.71. The van der Waals surface area contributed by atoms with Crippen LogP contribution in [0, 0.1) is 12.8 Å². The number of thiazole rings is 1. The summed E-state index contributed by atoms with van der Waals surface area (Å²) in [6, 6.07) is 9.93. The van der Waals surface area contributed by atoms with Crippen molar-refractivity contribution in [1.29, 1.82) is 0 Å². The summed E-state index contributed by atoms with van der Waals surface area (Å²) in [5.41, 5.74) is 7.30. The average molecular weight is 423 g/mol. The highest BCUT2D eigenvalue weighted by Crippen LogP contribution is 2.39. The Morgan fingerprint density at radius 3 is 2.64 bits per heavy atom. The molecule has 1 fully saturated rings. The van der Waals surface area contributed by atoms with Gasteiger partial charge in [-0.2, -0.15) is 0 Å². The molecule has 8 heteroatoms. The normalized spacial score (nSPS) is 20.8. The molecule has 0 bridgehead atoms. The van der Waals surface area contributed by atoms with E-state index in [9.17, 15) is 13.2 Å². The number of amides is 1. The first kappa shape index (κ1) is 21.0. The fraction of sp³-hybridized carbons (Fsp3) is 0.500. The molecule has 1 aliphatic heterocycles. The number of nitrogens with two attached hydrogens (primary N) is 1. The molecule has 6 nitrogen and oxygen atoms in total. The molecule has 1 aliphatic rings. The lowest BCUT2D eigenvalue weighted by molar-refractivity contribution is -0.119. The first-order valence-electron chi connectivity index (χ1n) is 9.26. The van der Waals surface area contributed by atoms with Gasteiger partial charge in [0.15, 0.2) is 9.84 Å². The molecule has 2 atom stereocenters. The van der Waals surface area contributed by atoms with E-state index in [1.807, 2.05) is 37.3 Å². The van der Waals surface area contributed by atoms with Crippen LogP contribution in [0.5, 0.6) is 0 Å². The summed E-state index contributed by atoms with van der Waals surface area (Å²) < 4.78 is 29.8. The number of ether oxygens (including phenoxy) is 1. The van der Waals surface area contributed by atoms with E-state index in [4.69, 9.17) is 15.5 Å². The zero-order valence-electron chi connectivity index (χ0n) is 16.3. The second-order valence-electron chi connectivity index (χ2n) is 7.71. The Balaban J connectivity index is 1.90. The molecule has 28 heavy (non-hydrogen) atoms. The first-order chi connectivity index (χ1) is 13.1. The van der Waals surface area contributed by atoms with E-state index in [2.05, 4.69) is 0 Å². The summed E-state index contributed by atoms with van der Waals surface area (Å²) in [5.74, 6) is -1.21. The number of aryl methyl sites for hydroxylation is 1. The van der Waals surface area contributed by atoms with Crippen molar-refractivity contribution in [2.24, 2.45) is 11.7 Å². The van der Waals surface area contributed by atoms with E-state index in [-0.39, 0.29) is 17.6 Å². The van der Waals surface area contributed by atoms with Crippen LogP contribution < -0.4 is 5.73 Å². The molecule has 3 rings (SSSR count). The number of sulfone groups is 1. The van der Waals surface area contributed by atoms with Crippen molar-refractivity contribution < 1.29 is 17.9 Å². The molecule has 0 aliphatic carbocycles. The maximum atomic E-state index is 12.9. The average Bonchev–Trinajstić information content (AvgIpc) is 3.04. The lowest BCUT2D eigenvalue weighted by atomic mass is 9.90. The molecule has 1 aromatic carbocycles. The lowest BCUT2D eigenvalue weighted by Crippen LogP contribution is -2.48. The smallest absolute Gasteiger partial charge is 0.238 e. The van der Waals surface area contributed by atoms with E-state index in [1.165, 1.54) is 13.8 Å². The zero-order chi connectivity index (χ0) is 20.5. The van der Waals surface area contributed by atoms with Crippen molar-refractivity contribution in [3.05, 3.63) is 40.2 Å². The topological polar surface area (TPSA) is 99.4 Å². The molecule has 0 spiro atoms. The highest BCUT2D eigenvalue weighted by Gasteiger charge is 2.43. The molecule has 1 aromatic heterocycles. The minimum atomic E-state index is -3.71. The molecule has 152 valence electrons. The van der Waals surface area contributed by atoms with Crippen LogP contribution in [-0.4, -0.2) is 43.0 Å². The monoisotopic (exact) mass is 422 g/mol. The number of benzene rings is 1. The summed E-state index contributed by atoms with van der Waals surface area (Å²) in [5, 5.41) is 0.883. The van der Waals surface area contributed by atoms with E-state index in [1.54, 1.807) is 11.3 Å². The third kappa shape index (κ3) is 3.99. The SMILES string of the molecule is Cc1sc(C2COCCC2CS(=O)(=O)C(C)(C)C(N)=O)nc1-c1ccccc1. The van der Waals surface area contributed by atoms with Crippen molar-refractivity contribution in [2.45, 2.75) is 37.9 Å². The Morgan fingerprint density at radius 2 is 2.00 bits per heavy atom. The largest absolute Gasteiger partial charge is 0.381 e. The van der Waals surface area contributed by atoms with Gasteiger partial charge >= 0.3 is 0 Å². The number of primary amides is 1. The van der Waals surface area contributed by atoms with Crippen LogP contribution in [0.2, 0.25) is 0 Å². The molecule has 2 heterocycles. The van der Waals surface area contributed by atoms with Crippen LogP contribution in [0.1, 0.15) is 36.1 Å². The Kier molecular flexibility index (Phi) is 5.93. The van der Waals surface area contributed by atoms with Gasteiger partial charge in [0.25, 0.3) is 0 Å². The Morgan fingerprint density at radius 1 is 1.32 bits per heavy atom. The van der Waals surface area contributed by atoms with Gasteiger partial charge in [0.1, 0.15) is 4.75 Å². The highest BCUT2D eigenvalue weighted by molar-refractivity contribution is 7.93. The zero-order valence-corrected chi connectivity index (χ0v) is 18.0. The molecule has 0 radical (unpaired) electrons. The van der Waals surface area contributed by atoms with Crippen LogP contribution in [0.25, 0.3) is 11.3 Å².